The van der Waals surface area contributed by atoms with Crippen LogP contribution in [0.15, 0.2) is 30.3 Å². The highest BCUT2D eigenvalue weighted by atomic mass is 16.5. The van der Waals surface area contributed by atoms with Gasteiger partial charge in [-0.05, 0) is 31.2 Å². The Kier molecular flexibility index (Phi) is 5.36. The lowest BCUT2D eigenvalue weighted by Crippen LogP contribution is -2.37. The number of ether oxygens (including phenoxy) is 1. The van der Waals surface area contributed by atoms with Gasteiger partial charge in [-0.1, -0.05) is 50.6 Å². The molecule has 20 heavy (non-hydrogen) atoms. The third-order valence-electron chi connectivity index (χ3n) is 4.56. The predicted molar refractivity (Wildman–Crippen MR) is 81.5 cm³/mol. The second-order valence-corrected chi connectivity index (χ2v) is 6.12. The Labute approximate surface area is 122 Å². The largest absolute Gasteiger partial charge is 0.373 e. The Morgan fingerprint density at radius 3 is 2.80 bits per heavy atom. The zero-order valence-electron chi connectivity index (χ0n) is 12.7. The summed E-state index contributed by atoms with van der Waals surface area (Å²) in [5.74, 6) is 0.398. The van der Waals surface area contributed by atoms with Gasteiger partial charge in [0.1, 0.15) is 5.78 Å². The third kappa shape index (κ3) is 3.49. The summed E-state index contributed by atoms with van der Waals surface area (Å²) in [6.45, 7) is 4.85. The van der Waals surface area contributed by atoms with Crippen LogP contribution in [-0.4, -0.2) is 11.9 Å². The maximum absolute atomic E-state index is 12.5. The fourth-order valence-electron chi connectivity index (χ4n) is 3.11. The van der Waals surface area contributed by atoms with Crippen molar-refractivity contribution >= 4 is 5.78 Å². The van der Waals surface area contributed by atoms with E-state index in [0.29, 0.717) is 18.8 Å². The van der Waals surface area contributed by atoms with Gasteiger partial charge in [-0.15, -0.1) is 0 Å². The van der Waals surface area contributed by atoms with Gasteiger partial charge < -0.3 is 4.74 Å². The van der Waals surface area contributed by atoms with Crippen LogP contribution < -0.4 is 0 Å². The van der Waals surface area contributed by atoms with Crippen LogP contribution in [0.25, 0.3) is 0 Å². The van der Waals surface area contributed by atoms with Crippen molar-refractivity contribution in [3.05, 3.63) is 35.9 Å². The van der Waals surface area contributed by atoms with E-state index in [1.807, 2.05) is 18.2 Å². The van der Waals surface area contributed by atoms with Crippen LogP contribution in [0.4, 0.5) is 0 Å². The molecule has 0 heterocycles. The molecule has 2 rings (SSSR count). The molecular weight excluding hydrogens is 248 g/mol. The average Bonchev–Trinajstić information content (AvgIpc) is 2.86. The zero-order chi connectivity index (χ0) is 14.4. The van der Waals surface area contributed by atoms with Gasteiger partial charge in [0, 0.05) is 6.42 Å². The molecule has 1 aromatic carbocycles. The van der Waals surface area contributed by atoms with Crippen LogP contribution in [0.2, 0.25) is 0 Å². The van der Waals surface area contributed by atoms with E-state index in [1.54, 1.807) is 0 Å². The molecule has 2 heteroatoms. The first-order chi connectivity index (χ1) is 9.66. The van der Waals surface area contributed by atoms with Gasteiger partial charge in [-0.3, -0.25) is 4.79 Å². The molecule has 1 saturated carbocycles. The van der Waals surface area contributed by atoms with E-state index in [4.69, 9.17) is 4.74 Å². The molecule has 0 bridgehead atoms. The minimum absolute atomic E-state index is 0.0899. The summed E-state index contributed by atoms with van der Waals surface area (Å²) in [4.78, 5) is 12.5. The summed E-state index contributed by atoms with van der Waals surface area (Å²) in [6.07, 6.45) is 5.98. The molecule has 0 N–H and O–H groups in total. The second-order valence-electron chi connectivity index (χ2n) is 6.12. The maximum atomic E-state index is 12.5. The van der Waals surface area contributed by atoms with E-state index < -0.39 is 0 Å². The Hall–Kier alpha value is -1.15. The second kappa shape index (κ2) is 7.03. The molecule has 2 atom stereocenters. The molecular formula is C18H26O2. The summed E-state index contributed by atoms with van der Waals surface area (Å²) < 4.78 is 6.08. The van der Waals surface area contributed by atoms with E-state index in [9.17, 15) is 4.79 Å². The lowest BCUT2D eigenvalue weighted by molar-refractivity contribution is -0.136. The molecule has 0 spiro atoms. The molecule has 110 valence electrons. The highest BCUT2D eigenvalue weighted by Gasteiger charge is 2.44. The highest BCUT2D eigenvalue weighted by molar-refractivity contribution is 5.85. The van der Waals surface area contributed by atoms with E-state index in [-0.39, 0.29) is 11.5 Å². The number of carbonyl (C=O) groups excluding carboxylic acids is 1. The highest BCUT2D eigenvalue weighted by Crippen LogP contribution is 2.42. The lowest BCUT2D eigenvalue weighted by atomic mass is 9.80. The minimum Gasteiger partial charge on any atom is -0.373 e. The number of carbonyl (C=O) groups is 1. The number of benzene rings is 1. The first-order valence-corrected chi connectivity index (χ1v) is 7.85. The average molecular weight is 274 g/mol. The van der Waals surface area contributed by atoms with Gasteiger partial charge >= 0.3 is 0 Å². The summed E-state index contributed by atoms with van der Waals surface area (Å²) in [5, 5.41) is 0. The van der Waals surface area contributed by atoms with Crippen molar-refractivity contribution in [3.63, 3.8) is 0 Å². The van der Waals surface area contributed by atoms with Crippen molar-refractivity contribution in [2.45, 2.75) is 65.1 Å². The van der Waals surface area contributed by atoms with Crippen molar-refractivity contribution in [2.24, 2.45) is 5.41 Å². The number of Topliss-reactive ketones (excluding diaryl/α,β-unsaturated/α-hetero) is 1. The lowest BCUT2D eigenvalue weighted by Gasteiger charge is -2.30. The van der Waals surface area contributed by atoms with E-state index in [0.717, 1.165) is 32.1 Å². The molecule has 0 aliphatic heterocycles. The first-order valence-electron chi connectivity index (χ1n) is 7.85. The molecule has 0 saturated heterocycles. The van der Waals surface area contributed by atoms with Gasteiger partial charge in [0.2, 0.25) is 0 Å². The molecule has 1 fully saturated rings. The first kappa shape index (κ1) is 15.2. The zero-order valence-corrected chi connectivity index (χ0v) is 12.7. The Balaban J connectivity index is 1.94. The monoisotopic (exact) mass is 274 g/mol. The fourth-order valence-corrected chi connectivity index (χ4v) is 3.11. The molecule has 1 aromatic rings. The number of rotatable bonds is 7. The van der Waals surface area contributed by atoms with Crippen LogP contribution in [0, 0.1) is 5.41 Å². The number of hydrogen-bond donors (Lipinski definition) is 0. The van der Waals surface area contributed by atoms with Crippen LogP contribution in [0.1, 0.15) is 57.9 Å². The molecule has 0 aromatic heterocycles. The third-order valence-corrected chi connectivity index (χ3v) is 4.56. The van der Waals surface area contributed by atoms with Gasteiger partial charge in [-0.25, -0.2) is 0 Å². The minimum atomic E-state index is -0.260. The van der Waals surface area contributed by atoms with Gasteiger partial charge in [0.05, 0.1) is 18.1 Å². The predicted octanol–water partition coefficient (Wildman–Crippen LogP) is 4.52. The molecule has 1 aliphatic rings. The van der Waals surface area contributed by atoms with Gasteiger partial charge in [0.15, 0.2) is 0 Å². The quantitative estimate of drug-likeness (QED) is 0.730. The topological polar surface area (TPSA) is 26.3 Å². The normalized spacial score (nSPS) is 25.8. The SMILES string of the molecule is CCCCC(=O)[C@@]1(C)CCC[C@H]1OCc1ccccc1. The fraction of sp³-hybridized carbons (Fsp3) is 0.611. The molecule has 1 aliphatic carbocycles. The van der Waals surface area contributed by atoms with Crippen molar-refractivity contribution in [1.29, 1.82) is 0 Å². The van der Waals surface area contributed by atoms with Gasteiger partial charge in [-0.2, -0.15) is 0 Å². The van der Waals surface area contributed by atoms with Crippen LogP contribution in [0.3, 0.4) is 0 Å². The molecule has 0 radical (unpaired) electrons. The summed E-state index contributed by atoms with van der Waals surface area (Å²) in [6, 6.07) is 10.2. The summed E-state index contributed by atoms with van der Waals surface area (Å²) >= 11 is 0. The van der Waals surface area contributed by atoms with E-state index in [2.05, 4.69) is 26.0 Å². The standard InChI is InChI=1S/C18H26O2/c1-3-4-11-16(19)18(2)13-8-12-17(18)20-14-15-9-6-5-7-10-15/h5-7,9-10,17H,3-4,8,11-14H2,1-2H3/t17-,18-/m1/s1. The van der Waals surface area contributed by atoms with Crippen molar-refractivity contribution < 1.29 is 9.53 Å². The molecule has 0 amide bonds. The van der Waals surface area contributed by atoms with Crippen molar-refractivity contribution in [2.75, 3.05) is 0 Å². The summed E-state index contributed by atoms with van der Waals surface area (Å²) in [7, 11) is 0. The van der Waals surface area contributed by atoms with Crippen LogP contribution >= 0.6 is 0 Å². The van der Waals surface area contributed by atoms with Gasteiger partial charge in [0.25, 0.3) is 0 Å². The number of unbranched alkanes of at least 4 members (excludes halogenated alkanes) is 1. The Morgan fingerprint density at radius 2 is 2.10 bits per heavy atom. The Bertz CT molecular complexity index is 426. The van der Waals surface area contributed by atoms with E-state index >= 15 is 0 Å². The smallest absolute Gasteiger partial charge is 0.141 e. The van der Waals surface area contributed by atoms with E-state index in [1.165, 1.54) is 5.56 Å². The molecule has 2 nitrogen and oxygen atoms in total. The number of hydrogen-bond acceptors (Lipinski definition) is 2. The maximum Gasteiger partial charge on any atom is 0.141 e. The number of ketones is 1. The van der Waals surface area contributed by atoms with Crippen LogP contribution in [0.5, 0.6) is 0 Å². The van der Waals surface area contributed by atoms with Crippen LogP contribution in [-0.2, 0) is 16.1 Å². The summed E-state index contributed by atoms with van der Waals surface area (Å²) in [5.41, 5.74) is 0.923. The van der Waals surface area contributed by atoms with Crippen molar-refractivity contribution in [1.82, 2.24) is 0 Å². The Morgan fingerprint density at radius 1 is 1.35 bits per heavy atom. The molecule has 0 unspecified atom stereocenters. The van der Waals surface area contributed by atoms with Crippen molar-refractivity contribution in [3.8, 4) is 0 Å².